The summed E-state index contributed by atoms with van der Waals surface area (Å²) in [6, 6.07) is 0. The van der Waals surface area contributed by atoms with E-state index in [1.807, 2.05) is 6.92 Å². The SMILES string of the molecule is CC1=C(CCC2=CC(=O)OC2O)[C@@]2(C)CCCC(C)(C)[C@@H]2CC1=O. The van der Waals surface area contributed by atoms with Crippen molar-refractivity contribution in [2.45, 2.75) is 72.5 Å². The van der Waals surface area contributed by atoms with E-state index >= 15 is 0 Å². The molecule has 1 unspecified atom stereocenters. The first-order valence-electron chi connectivity index (χ1n) is 8.98. The Labute approximate surface area is 144 Å². The van der Waals surface area contributed by atoms with Gasteiger partial charge in [0.2, 0.25) is 6.29 Å². The van der Waals surface area contributed by atoms with Gasteiger partial charge >= 0.3 is 5.97 Å². The maximum absolute atomic E-state index is 12.6. The van der Waals surface area contributed by atoms with Gasteiger partial charge in [-0.2, -0.15) is 0 Å². The lowest BCUT2D eigenvalue weighted by molar-refractivity contribution is -0.151. The predicted molar refractivity (Wildman–Crippen MR) is 91.0 cm³/mol. The molecule has 3 atom stereocenters. The van der Waals surface area contributed by atoms with Crippen LogP contribution in [0.25, 0.3) is 0 Å². The van der Waals surface area contributed by atoms with E-state index < -0.39 is 12.3 Å². The highest BCUT2D eigenvalue weighted by molar-refractivity contribution is 5.97. The maximum atomic E-state index is 12.6. The average Bonchev–Trinajstić information content (AvgIpc) is 2.79. The number of ketones is 1. The second-order valence-electron chi connectivity index (χ2n) is 8.55. The summed E-state index contributed by atoms with van der Waals surface area (Å²) >= 11 is 0. The quantitative estimate of drug-likeness (QED) is 0.801. The number of Topliss-reactive ketones (excluding diaryl/α,β-unsaturated/α-hetero) is 1. The topological polar surface area (TPSA) is 63.6 Å². The summed E-state index contributed by atoms with van der Waals surface area (Å²) in [5.41, 5.74) is 2.94. The monoisotopic (exact) mass is 332 g/mol. The Balaban J connectivity index is 1.89. The molecule has 1 saturated carbocycles. The van der Waals surface area contributed by atoms with Crippen molar-refractivity contribution in [2.24, 2.45) is 16.7 Å². The van der Waals surface area contributed by atoms with Gasteiger partial charge in [-0.15, -0.1) is 0 Å². The minimum absolute atomic E-state index is 0.0364. The molecular weight excluding hydrogens is 304 g/mol. The highest BCUT2D eigenvalue weighted by Gasteiger charge is 2.51. The lowest BCUT2D eigenvalue weighted by atomic mass is 9.49. The molecule has 24 heavy (non-hydrogen) atoms. The van der Waals surface area contributed by atoms with Gasteiger partial charge in [0.05, 0.1) is 0 Å². The number of rotatable bonds is 3. The fraction of sp³-hybridized carbons (Fsp3) is 0.700. The van der Waals surface area contributed by atoms with Crippen molar-refractivity contribution >= 4 is 11.8 Å². The van der Waals surface area contributed by atoms with Crippen LogP contribution in [-0.2, 0) is 14.3 Å². The average molecular weight is 332 g/mol. The molecule has 0 saturated heterocycles. The summed E-state index contributed by atoms with van der Waals surface area (Å²) in [5.74, 6) is 0.145. The van der Waals surface area contributed by atoms with Crippen LogP contribution in [0.2, 0.25) is 0 Å². The van der Waals surface area contributed by atoms with Crippen molar-refractivity contribution in [3.05, 3.63) is 22.8 Å². The number of aliphatic hydroxyl groups is 1. The molecule has 0 amide bonds. The molecule has 0 bridgehead atoms. The van der Waals surface area contributed by atoms with E-state index in [4.69, 9.17) is 4.74 Å². The Morgan fingerprint density at radius 1 is 1.21 bits per heavy atom. The fourth-order valence-electron chi connectivity index (χ4n) is 5.30. The van der Waals surface area contributed by atoms with Crippen LogP contribution in [0, 0.1) is 16.7 Å². The van der Waals surface area contributed by atoms with Crippen LogP contribution in [0.4, 0.5) is 0 Å². The molecule has 0 aromatic carbocycles. The molecule has 3 aliphatic rings. The van der Waals surface area contributed by atoms with Crippen molar-refractivity contribution in [1.82, 2.24) is 0 Å². The first kappa shape index (κ1) is 17.4. The van der Waals surface area contributed by atoms with Crippen LogP contribution < -0.4 is 0 Å². The van der Waals surface area contributed by atoms with Gasteiger partial charge in [-0.25, -0.2) is 4.79 Å². The minimum Gasteiger partial charge on any atom is -0.429 e. The third-order valence-electron chi connectivity index (χ3n) is 6.69. The molecule has 1 heterocycles. The summed E-state index contributed by atoms with van der Waals surface area (Å²) in [5, 5.41) is 9.79. The zero-order chi connectivity index (χ0) is 17.7. The number of fused-ring (bicyclic) bond motifs is 1. The number of hydrogen-bond donors (Lipinski definition) is 1. The van der Waals surface area contributed by atoms with Crippen molar-refractivity contribution in [2.75, 3.05) is 0 Å². The maximum Gasteiger partial charge on any atom is 0.333 e. The van der Waals surface area contributed by atoms with E-state index in [1.54, 1.807) is 0 Å². The number of aliphatic hydroxyl groups excluding tert-OH is 1. The minimum atomic E-state index is -1.12. The molecule has 1 fully saturated rings. The van der Waals surface area contributed by atoms with Crippen molar-refractivity contribution in [3.63, 3.8) is 0 Å². The standard InChI is InChI=1S/C20H28O4/c1-12-14(7-6-13-10-17(22)24-18(13)23)20(4)9-5-8-19(2,3)16(20)11-15(12)21/h10,16,18,23H,5-9,11H2,1-4H3/t16-,18?,20+/m0/s1. The largest absolute Gasteiger partial charge is 0.429 e. The smallest absolute Gasteiger partial charge is 0.333 e. The Morgan fingerprint density at radius 3 is 2.54 bits per heavy atom. The van der Waals surface area contributed by atoms with Crippen LogP contribution in [0.1, 0.15) is 66.2 Å². The lowest BCUT2D eigenvalue weighted by Crippen LogP contribution is -2.47. The van der Waals surface area contributed by atoms with Gasteiger partial charge in [-0.05, 0) is 54.9 Å². The number of ether oxygens (including phenoxy) is 1. The van der Waals surface area contributed by atoms with E-state index in [9.17, 15) is 14.7 Å². The number of esters is 1. The van der Waals surface area contributed by atoms with Gasteiger partial charge in [0.25, 0.3) is 0 Å². The van der Waals surface area contributed by atoms with Gasteiger partial charge in [-0.3, -0.25) is 4.79 Å². The Kier molecular flexibility index (Phi) is 4.23. The van der Waals surface area contributed by atoms with E-state index in [2.05, 4.69) is 20.8 Å². The van der Waals surface area contributed by atoms with E-state index in [-0.39, 0.29) is 16.6 Å². The van der Waals surface area contributed by atoms with Crippen LogP contribution in [0.3, 0.4) is 0 Å². The van der Waals surface area contributed by atoms with Gasteiger partial charge in [-0.1, -0.05) is 32.8 Å². The number of carbonyl (C=O) groups excluding carboxylic acids is 2. The van der Waals surface area contributed by atoms with Crippen molar-refractivity contribution in [1.29, 1.82) is 0 Å². The molecule has 132 valence electrons. The zero-order valence-corrected chi connectivity index (χ0v) is 15.1. The third-order valence-corrected chi connectivity index (χ3v) is 6.69. The summed E-state index contributed by atoms with van der Waals surface area (Å²) < 4.78 is 4.77. The predicted octanol–water partition coefficient (Wildman–Crippen LogP) is 3.69. The van der Waals surface area contributed by atoms with Crippen LogP contribution in [0.15, 0.2) is 22.8 Å². The molecule has 0 aromatic rings. The summed E-state index contributed by atoms with van der Waals surface area (Å²) in [6.45, 7) is 8.83. The highest BCUT2D eigenvalue weighted by atomic mass is 16.6. The molecule has 0 spiro atoms. The molecule has 4 heteroatoms. The second-order valence-corrected chi connectivity index (χ2v) is 8.55. The van der Waals surface area contributed by atoms with Crippen molar-refractivity contribution in [3.8, 4) is 0 Å². The van der Waals surface area contributed by atoms with Gasteiger partial charge in [0.1, 0.15) is 0 Å². The van der Waals surface area contributed by atoms with E-state index in [0.29, 0.717) is 30.8 Å². The summed E-state index contributed by atoms with van der Waals surface area (Å²) in [4.78, 5) is 23.9. The number of allylic oxidation sites excluding steroid dienone is 2. The van der Waals surface area contributed by atoms with Gasteiger partial charge < -0.3 is 9.84 Å². The molecule has 2 aliphatic carbocycles. The molecule has 0 radical (unpaired) electrons. The van der Waals surface area contributed by atoms with Gasteiger partial charge in [0.15, 0.2) is 5.78 Å². The van der Waals surface area contributed by atoms with Crippen LogP contribution >= 0.6 is 0 Å². The molecule has 1 aliphatic heterocycles. The van der Waals surface area contributed by atoms with Crippen LogP contribution in [-0.4, -0.2) is 23.1 Å². The number of cyclic esters (lactones) is 1. The van der Waals surface area contributed by atoms with Crippen LogP contribution in [0.5, 0.6) is 0 Å². The van der Waals surface area contributed by atoms with Crippen molar-refractivity contribution < 1.29 is 19.4 Å². The lowest BCUT2D eigenvalue weighted by Gasteiger charge is -2.54. The first-order valence-corrected chi connectivity index (χ1v) is 8.98. The Hall–Kier alpha value is -1.42. The normalized spacial score (nSPS) is 35.6. The second kappa shape index (κ2) is 5.83. The Bertz CT molecular complexity index is 640. The van der Waals surface area contributed by atoms with E-state index in [0.717, 1.165) is 12.0 Å². The van der Waals surface area contributed by atoms with Gasteiger partial charge in [0, 0.05) is 18.1 Å². The van der Waals surface area contributed by atoms with E-state index in [1.165, 1.54) is 24.5 Å². The molecule has 0 aromatic heterocycles. The fourth-order valence-corrected chi connectivity index (χ4v) is 5.30. The molecule has 4 nitrogen and oxygen atoms in total. The molecular formula is C20H28O4. The highest BCUT2D eigenvalue weighted by Crippen LogP contribution is 2.59. The summed E-state index contributed by atoms with van der Waals surface area (Å²) in [7, 11) is 0. The first-order chi connectivity index (χ1) is 11.1. The number of hydrogen-bond acceptors (Lipinski definition) is 4. The number of carbonyl (C=O) groups is 2. The Morgan fingerprint density at radius 2 is 1.92 bits per heavy atom. The third kappa shape index (κ3) is 2.75. The summed E-state index contributed by atoms with van der Waals surface area (Å²) in [6.07, 6.45) is 5.64. The molecule has 1 N–H and O–H groups in total. The zero-order valence-electron chi connectivity index (χ0n) is 15.1. The molecule has 3 rings (SSSR count).